The van der Waals surface area contributed by atoms with Crippen molar-refractivity contribution in [3.05, 3.63) is 12.1 Å². The highest BCUT2D eigenvalue weighted by atomic mass is 19.1. The summed E-state index contributed by atoms with van der Waals surface area (Å²) >= 11 is 0. The van der Waals surface area contributed by atoms with Crippen molar-refractivity contribution in [2.45, 2.75) is 32.2 Å². The summed E-state index contributed by atoms with van der Waals surface area (Å²) in [5.41, 5.74) is 5.51. The number of rotatable bonds is 3. The second kappa shape index (κ2) is 6.81. The van der Waals surface area contributed by atoms with Crippen molar-refractivity contribution in [1.29, 1.82) is 0 Å². The Morgan fingerprint density at radius 2 is 2.12 bits per heavy atom. The summed E-state index contributed by atoms with van der Waals surface area (Å²) in [4.78, 5) is 35.1. The summed E-state index contributed by atoms with van der Waals surface area (Å²) in [6, 6.07) is -0.517. The molecule has 25 heavy (non-hydrogen) atoms. The maximum absolute atomic E-state index is 14.3. The van der Waals surface area contributed by atoms with E-state index in [1.165, 1.54) is 6.33 Å². The van der Waals surface area contributed by atoms with Crippen molar-refractivity contribution in [2.24, 2.45) is 11.8 Å². The lowest BCUT2D eigenvalue weighted by molar-refractivity contribution is -0.150. The molecule has 9 heteroatoms. The zero-order valence-corrected chi connectivity index (χ0v) is 14.1. The van der Waals surface area contributed by atoms with Crippen molar-refractivity contribution in [2.75, 3.05) is 30.3 Å². The Bertz CT molecular complexity index is 686. The monoisotopic (exact) mass is 351 g/mol. The third kappa shape index (κ3) is 3.22. The molecule has 0 spiro atoms. The summed E-state index contributed by atoms with van der Waals surface area (Å²) < 4.78 is 14.3. The molecule has 1 aromatic heterocycles. The molecule has 2 aliphatic heterocycles. The van der Waals surface area contributed by atoms with Crippen LogP contribution in [0, 0.1) is 17.7 Å². The van der Waals surface area contributed by atoms with E-state index < -0.39 is 23.7 Å². The van der Waals surface area contributed by atoms with Crippen molar-refractivity contribution in [3.8, 4) is 0 Å². The lowest BCUT2D eigenvalue weighted by atomic mass is 9.87. The molecule has 0 aliphatic carbocycles. The quantitative estimate of drug-likeness (QED) is 0.825. The van der Waals surface area contributed by atoms with E-state index >= 15 is 0 Å². The Kier molecular flexibility index (Phi) is 4.73. The highest BCUT2D eigenvalue weighted by Crippen LogP contribution is 2.31. The first-order chi connectivity index (χ1) is 11.9. The van der Waals surface area contributed by atoms with Crippen molar-refractivity contribution < 1.29 is 19.1 Å². The molecule has 2 fully saturated rings. The number of nitrogens with two attached hydrogens (primary N) is 1. The number of amides is 1. The maximum Gasteiger partial charge on any atom is 0.308 e. The van der Waals surface area contributed by atoms with E-state index in [1.807, 2.05) is 6.92 Å². The normalized spacial score (nSPS) is 27.4. The zero-order chi connectivity index (χ0) is 18.1. The summed E-state index contributed by atoms with van der Waals surface area (Å²) in [6.07, 6.45) is 3.13. The Balaban J connectivity index is 1.88. The molecule has 8 nitrogen and oxygen atoms in total. The Hall–Kier alpha value is -2.45. The standard InChI is InChI=1S/C16H22FN5O3/c1-9-3-2-5-22(15(9)23)11-7-21(6-4-10(11)16(24)25)14-12(17)13(18)19-8-20-14/h8-11H,2-7H2,1H3,(H,24,25)(H2,18,19,20)/t9?,10-,11-/m0/s1. The molecule has 2 saturated heterocycles. The predicted molar refractivity (Wildman–Crippen MR) is 88.3 cm³/mol. The molecule has 2 aliphatic rings. The van der Waals surface area contributed by atoms with Gasteiger partial charge in [0.1, 0.15) is 6.33 Å². The third-order valence-corrected chi connectivity index (χ3v) is 5.14. The molecule has 3 atom stereocenters. The number of carbonyl (C=O) groups excluding carboxylic acids is 1. The third-order valence-electron chi connectivity index (χ3n) is 5.14. The molecule has 3 heterocycles. The molecule has 0 radical (unpaired) electrons. The molecule has 0 saturated carbocycles. The molecule has 3 N–H and O–H groups in total. The molecule has 0 aromatic carbocycles. The zero-order valence-electron chi connectivity index (χ0n) is 14.1. The first kappa shape index (κ1) is 17.4. The van der Waals surface area contributed by atoms with Crippen LogP contribution in [0.4, 0.5) is 16.0 Å². The number of halogens is 1. The fourth-order valence-corrected chi connectivity index (χ4v) is 3.74. The van der Waals surface area contributed by atoms with Crippen LogP contribution in [0.3, 0.4) is 0 Å². The van der Waals surface area contributed by atoms with E-state index in [0.717, 1.165) is 12.8 Å². The largest absolute Gasteiger partial charge is 0.481 e. The molecule has 3 rings (SSSR count). The van der Waals surface area contributed by atoms with Crippen LogP contribution in [0.25, 0.3) is 0 Å². The van der Waals surface area contributed by atoms with Gasteiger partial charge in [0, 0.05) is 25.6 Å². The number of nitrogens with zero attached hydrogens (tertiary/aromatic N) is 4. The number of nitrogen functional groups attached to an aromatic ring is 1. The summed E-state index contributed by atoms with van der Waals surface area (Å²) in [5.74, 6) is -2.67. The first-order valence-electron chi connectivity index (χ1n) is 8.44. The van der Waals surface area contributed by atoms with Crippen molar-refractivity contribution in [3.63, 3.8) is 0 Å². The van der Waals surface area contributed by atoms with Crippen LogP contribution >= 0.6 is 0 Å². The SMILES string of the molecule is CC1CCCN([C@H]2CN(c3ncnc(N)c3F)CC[C@@H]2C(=O)O)C1=O. The van der Waals surface area contributed by atoms with Gasteiger partial charge in [-0.2, -0.15) is 4.39 Å². The van der Waals surface area contributed by atoms with Gasteiger partial charge in [-0.25, -0.2) is 9.97 Å². The number of carbonyl (C=O) groups is 2. The van der Waals surface area contributed by atoms with Gasteiger partial charge in [0.25, 0.3) is 0 Å². The van der Waals surface area contributed by atoms with Gasteiger partial charge in [-0.15, -0.1) is 0 Å². The first-order valence-corrected chi connectivity index (χ1v) is 8.44. The fraction of sp³-hybridized carbons (Fsp3) is 0.625. The number of hydrogen-bond donors (Lipinski definition) is 2. The highest BCUT2D eigenvalue weighted by molar-refractivity contribution is 5.81. The molecular formula is C16H22FN5O3. The molecule has 1 unspecified atom stereocenters. The van der Waals surface area contributed by atoms with Gasteiger partial charge in [-0.3, -0.25) is 9.59 Å². The number of aliphatic carboxylic acids is 1. The van der Waals surface area contributed by atoms with Crippen LogP contribution in [0.15, 0.2) is 6.33 Å². The summed E-state index contributed by atoms with van der Waals surface area (Å²) in [5, 5.41) is 9.57. The number of hydrogen-bond acceptors (Lipinski definition) is 6. The number of aromatic nitrogens is 2. The number of piperidine rings is 2. The lowest BCUT2D eigenvalue weighted by Crippen LogP contribution is -2.59. The molecule has 1 aromatic rings. The number of carboxylic acids is 1. The van der Waals surface area contributed by atoms with Crippen LogP contribution in [-0.2, 0) is 9.59 Å². The van der Waals surface area contributed by atoms with Gasteiger partial charge < -0.3 is 20.6 Å². The van der Waals surface area contributed by atoms with Gasteiger partial charge in [0.05, 0.1) is 12.0 Å². The van der Waals surface area contributed by atoms with Crippen LogP contribution in [0.1, 0.15) is 26.2 Å². The fourth-order valence-electron chi connectivity index (χ4n) is 3.74. The van der Waals surface area contributed by atoms with Crippen LogP contribution in [0.2, 0.25) is 0 Å². The van der Waals surface area contributed by atoms with E-state index in [0.29, 0.717) is 19.5 Å². The predicted octanol–water partition coefficient (Wildman–Crippen LogP) is 0.736. The van der Waals surface area contributed by atoms with E-state index in [2.05, 4.69) is 9.97 Å². The van der Waals surface area contributed by atoms with E-state index in [1.54, 1.807) is 9.80 Å². The minimum atomic E-state index is -0.932. The van der Waals surface area contributed by atoms with Crippen molar-refractivity contribution >= 4 is 23.5 Å². The maximum atomic E-state index is 14.3. The molecular weight excluding hydrogens is 329 g/mol. The van der Waals surface area contributed by atoms with Gasteiger partial charge >= 0.3 is 5.97 Å². The van der Waals surface area contributed by atoms with Crippen LogP contribution < -0.4 is 10.6 Å². The van der Waals surface area contributed by atoms with Crippen LogP contribution in [0.5, 0.6) is 0 Å². The van der Waals surface area contributed by atoms with E-state index in [-0.39, 0.29) is 30.0 Å². The van der Waals surface area contributed by atoms with E-state index in [9.17, 15) is 19.1 Å². The van der Waals surface area contributed by atoms with Gasteiger partial charge in [-0.1, -0.05) is 6.92 Å². The minimum absolute atomic E-state index is 0.0352. The Labute approximate surface area is 144 Å². The van der Waals surface area contributed by atoms with Gasteiger partial charge in [0.2, 0.25) is 11.7 Å². The minimum Gasteiger partial charge on any atom is -0.481 e. The molecule has 0 bridgehead atoms. The van der Waals surface area contributed by atoms with Gasteiger partial charge in [-0.05, 0) is 19.3 Å². The number of likely N-dealkylation sites (tertiary alicyclic amines) is 1. The second-order valence-electron chi connectivity index (χ2n) is 6.72. The lowest BCUT2D eigenvalue weighted by Gasteiger charge is -2.45. The summed E-state index contributed by atoms with van der Waals surface area (Å²) in [6.45, 7) is 2.93. The number of carboxylic acid groups (broad SMARTS) is 1. The van der Waals surface area contributed by atoms with Crippen LogP contribution in [-0.4, -0.2) is 57.5 Å². The second-order valence-corrected chi connectivity index (χ2v) is 6.72. The average Bonchev–Trinajstić information content (AvgIpc) is 2.59. The molecule has 136 valence electrons. The molecule has 1 amide bonds. The topological polar surface area (TPSA) is 113 Å². The average molecular weight is 351 g/mol. The van der Waals surface area contributed by atoms with Gasteiger partial charge in [0.15, 0.2) is 11.6 Å². The Morgan fingerprint density at radius 1 is 1.36 bits per heavy atom. The highest BCUT2D eigenvalue weighted by Gasteiger charge is 2.42. The van der Waals surface area contributed by atoms with Crippen molar-refractivity contribution in [1.82, 2.24) is 14.9 Å². The summed E-state index contributed by atoms with van der Waals surface area (Å²) in [7, 11) is 0. The van der Waals surface area contributed by atoms with E-state index in [4.69, 9.17) is 5.73 Å². The number of anilines is 2. The smallest absolute Gasteiger partial charge is 0.308 e. The Morgan fingerprint density at radius 3 is 2.84 bits per heavy atom.